The summed E-state index contributed by atoms with van der Waals surface area (Å²) in [5, 5.41) is 7.45. The fourth-order valence-corrected chi connectivity index (χ4v) is 1.67. The Morgan fingerprint density at radius 2 is 2.39 bits per heavy atom. The van der Waals surface area contributed by atoms with Crippen LogP contribution in [-0.4, -0.2) is 15.6 Å². The molecule has 18 heavy (non-hydrogen) atoms. The van der Waals surface area contributed by atoms with Gasteiger partial charge in [0, 0.05) is 18.9 Å². The van der Waals surface area contributed by atoms with Gasteiger partial charge in [-0.2, -0.15) is 5.10 Å². The highest BCUT2D eigenvalue weighted by Crippen LogP contribution is 2.21. The van der Waals surface area contributed by atoms with Crippen molar-refractivity contribution in [1.82, 2.24) is 15.1 Å². The highest BCUT2D eigenvalue weighted by atomic mass is 35.5. The van der Waals surface area contributed by atoms with Crippen LogP contribution in [0, 0.1) is 0 Å². The van der Waals surface area contributed by atoms with Gasteiger partial charge in [0.05, 0.1) is 16.8 Å². The van der Waals surface area contributed by atoms with Crippen LogP contribution in [-0.2, 0) is 12.3 Å². The van der Waals surface area contributed by atoms with Crippen LogP contribution in [0.25, 0.3) is 0 Å². The molecule has 2 heterocycles. The van der Waals surface area contributed by atoms with Crippen LogP contribution in [0.5, 0.6) is 0 Å². The van der Waals surface area contributed by atoms with Crippen molar-refractivity contribution in [3.05, 3.63) is 41.8 Å². The second kappa shape index (κ2) is 4.83. The molecule has 0 radical (unpaired) electrons. The fourth-order valence-electron chi connectivity index (χ4n) is 1.58. The Kier molecular flexibility index (Phi) is 3.40. The zero-order valence-electron chi connectivity index (χ0n) is 9.81. The molecule has 0 saturated heterocycles. The van der Waals surface area contributed by atoms with E-state index < -0.39 is 5.79 Å². The molecule has 1 aliphatic heterocycles. The Hall–Kier alpha value is -1.79. The largest absolute Gasteiger partial charge is 0.383 e. The maximum absolute atomic E-state index is 6.12. The summed E-state index contributed by atoms with van der Waals surface area (Å²) in [4.78, 5) is 4.15. The smallest absolute Gasteiger partial charge is 0.214 e. The molecule has 1 aromatic rings. The number of hydrogen-bond acceptors (Lipinski definition) is 5. The highest BCUT2D eigenvalue weighted by Gasteiger charge is 2.30. The van der Waals surface area contributed by atoms with Crippen LogP contribution < -0.4 is 16.8 Å². The van der Waals surface area contributed by atoms with E-state index in [2.05, 4.69) is 22.0 Å². The SMILES string of the molecule is C=CCCn1cc(C2(N)N=C(N)C(Cl)=CN2)cn1. The second-order valence-electron chi connectivity index (χ2n) is 3.97. The van der Waals surface area contributed by atoms with Crippen molar-refractivity contribution in [2.75, 3.05) is 0 Å². The summed E-state index contributed by atoms with van der Waals surface area (Å²) in [7, 11) is 0. The van der Waals surface area contributed by atoms with Crippen molar-refractivity contribution >= 4 is 17.4 Å². The van der Waals surface area contributed by atoms with Gasteiger partial charge in [-0.15, -0.1) is 6.58 Å². The normalized spacial score (nSPS) is 23.0. The Balaban J connectivity index is 2.21. The van der Waals surface area contributed by atoms with Gasteiger partial charge in [0.15, 0.2) is 0 Å². The number of aromatic nitrogens is 2. The van der Waals surface area contributed by atoms with Crippen molar-refractivity contribution in [3.8, 4) is 0 Å². The van der Waals surface area contributed by atoms with E-state index in [-0.39, 0.29) is 5.84 Å². The molecule has 1 aliphatic rings. The standard InChI is InChI=1S/C11H15ClN6/c1-2-3-4-18-7-8(5-16-18)11(14)15-6-9(12)10(13)17-11/h2,5-7,15H,1,3-4,14H2,(H2,13,17). The van der Waals surface area contributed by atoms with Gasteiger partial charge >= 0.3 is 0 Å². The molecule has 2 rings (SSSR count). The molecule has 0 saturated carbocycles. The summed E-state index contributed by atoms with van der Waals surface area (Å²) in [5.41, 5.74) is 12.5. The van der Waals surface area contributed by atoms with E-state index in [4.69, 9.17) is 23.1 Å². The fraction of sp³-hybridized carbons (Fsp3) is 0.273. The molecule has 6 nitrogen and oxygen atoms in total. The number of amidine groups is 1. The first-order valence-corrected chi connectivity index (χ1v) is 5.85. The molecule has 1 atom stereocenters. The van der Waals surface area contributed by atoms with E-state index >= 15 is 0 Å². The minimum Gasteiger partial charge on any atom is -0.383 e. The Morgan fingerprint density at radius 1 is 1.61 bits per heavy atom. The quantitative estimate of drug-likeness (QED) is 0.695. The number of halogens is 1. The van der Waals surface area contributed by atoms with Gasteiger partial charge in [0.1, 0.15) is 5.84 Å². The number of rotatable bonds is 4. The van der Waals surface area contributed by atoms with Crippen molar-refractivity contribution < 1.29 is 0 Å². The first-order valence-electron chi connectivity index (χ1n) is 5.47. The van der Waals surface area contributed by atoms with Crippen LogP contribution in [0.3, 0.4) is 0 Å². The second-order valence-corrected chi connectivity index (χ2v) is 4.38. The molecular weight excluding hydrogens is 252 g/mol. The first kappa shape index (κ1) is 12.7. The van der Waals surface area contributed by atoms with Crippen LogP contribution in [0.15, 0.2) is 41.3 Å². The van der Waals surface area contributed by atoms with Crippen molar-refractivity contribution in [2.45, 2.75) is 18.8 Å². The third-order valence-corrected chi connectivity index (χ3v) is 2.90. The molecule has 5 N–H and O–H groups in total. The summed E-state index contributed by atoms with van der Waals surface area (Å²) in [5.74, 6) is -0.911. The lowest BCUT2D eigenvalue weighted by Crippen LogP contribution is -2.50. The van der Waals surface area contributed by atoms with Gasteiger partial charge in [-0.05, 0) is 6.42 Å². The summed E-state index contributed by atoms with van der Waals surface area (Å²) in [6.45, 7) is 4.41. The van der Waals surface area contributed by atoms with Gasteiger partial charge < -0.3 is 11.1 Å². The number of aryl methyl sites for hydroxylation is 1. The molecule has 7 heteroatoms. The maximum Gasteiger partial charge on any atom is 0.214 e. The van der Waals surface area contributed by atoms with E-state index in [0.29, 0.717) is 5.03 Å². The molecule has 0 bridgehead atoms. The first-order chi connectivity index (χ1) is 8.55. The Bertz CT molecular complexity index is 517. The number of nitrogens with zero attached hydrogens (tertiary/aromatic N) is 3. The minimum absolute atomic E-state index is 0.205. The topological polar surface area (TPSA) is 94.2 Å². The summed E-state index contributed by atoms with van der Waals surface area (Å²) < 4.78 is 1.78. The third-order valence-electron chi connectivity index (χ3n) is 2.60. The van der Waals surface area contributed by atoms with E-state index in [1.165, 1.54) is 6.20 Å². The highest BCUT2D eigenvalue weighted by molar-refractivity contribution is 6.43. The molecule has 1 aromatic heterocycles. The summed E-state index contributed by atoms with van der Waals surface area (Å²) in [6, 6.07) is 0. The van der Waals surface area contributed by atoms with E-state index in [1.54, 1.807) is 10.9 Å². The maximum atomic E-state index is 6.12. The van der Waals surface area contributed by atoms with Gasteiger partial charge in [0.2, 0.25) is 5.79 Å². The molecular formula is C11H15ClN6. The van der Waals surface area contributed by atoms with E-state index in [9.17, 15) is 0 Å². The van der Waals surface area contributed by atoms with Gasteiger partial charge in [-0.25, -0.2) is 4.99 Å². The average molecular weight is 267 g/mol. The van der Waals surface area contributed by atoms with E-state index in [0.717, 1.165) is 18.5 Å². The molecule has 0 spiro atoms. The zero-order valence-corrected chi connectivity index (χ0v) is 10.6. The molecule has 0 amide bonds. The van der Waals surface area contributed by atoms with Crippen LogP contribution in [0.2, 0.25) is 0 Å². The number of allylic oxidation sites excluding steroid dienone is 1. The predicted molar refractivity (Wildman–Crippen MR) is 71.6 cm³/mol. The average Bonchev–Trinajstić information content (AvgIpc) is 2.81. The number of aliphatic imine (C=N–C) groups is 1. The van der Waals surface area contributed by atoms with Crippen molar-refractivity contribution in [2.24, 2.45) is 16.5 Å². The van der Waals surface area contributed by atoms with Crippen molar-refractivity contribution in [3.63, 3.8) is 0 Å². The van der Waals surface area contributed by atoms with Crippen LogP contribution in [0.4, 0.5) is 0 Å². The summed E-state index contributed by atoms with van der Waals surface area (Å²) in [6.07, 6.45) is 7.67. The predicted octanol–water partition coefficient (Wildman–Crippen LogP) is 0.569. The minimum atomic E-state index is -1.12. The van der Waals surface area contributed by atoms with Gasteiger partial charge in [-0.3, -0.25) is 10.4 Å². The number of nitrogens with one attached hydrogen (secondary N) is 1. The van der Waals surface area contributed by atoms with Gasteiger partial charge in [0.25, 0.3) is 0 Å². The zero-order chi connectivity index (χ0) is 13.2. The lowest BCUT2D eigenvalue weighted by molar-refractivity contribution is 0.408. The number of nitrogens with two attached hydrogens (primary N) is 2. The van der Waals surface area contributed by atoms with E-state index in [1.807, 2.05) is 12.3 Å². The molecule has 0 fully saturated rings. The number of hydrogen-bond donors (Lipinski definition) is 3. The molecule has 1 unspecified atom stereocenters. The lowest BCUT2D eigenvalue weighted by Gasteiger charge is -2.28. The van der Waals surface area contributed by atoms with Crippen molar-refractivity contribution in [1.29, 1.82) is 0 Å². The molecule has 0 aliphatic carbocycles. The van der Waals surface area contributed by atoms with Crippen LogP contribution >= 0.6 is 11.6 Å². The van der Waals surface area contributed by atoms with Crippen LogP contribution in [0.1, 0.15) is 12.0 Å². The monoisotopic (exact) mass is 266 g/mol. The molecule has 0 aromatic carbocycles. The lowest BCUT2D eigenvalue weighted by atomic mass is 10.2. The third kappa shape index (κ3) is 2.39. The Labute approximate surface area is 110 Å². The summed E-state index contributed by atoms with van der Waals surface area (Å²) >= 11 is 5.81. The molecule has 96 valence electrons. The van der Waals surface area contributed by atoms with Gasteiger partial charge in [-0.1, -0.05) is 17.7 Å². The Morgan fingerprint density at radius 3 is 3.06 bits per heavy atom.